The van der Waals surface area contributed by atoms with Gasteiger partial charge >= 0.3 is 5.97 Å². The van der Waals surface area contributed by atoms with Crippen molar-refractivity contribution >= 4 is 5.97 Å². The summed E-state index contributed by atoms with van der Waals surface area (Å²) in [6.45, 7) is 4.38. The highest BCUT2D eigenvalue weighted by atomic mass is 16.5. The molecule has 0 aliphatic carbocycles. The molecule has 2 rings (SSSR count). The van der Waals surface area contributed by atoms with Crippen molar-refractivity contribution in [3.05, 3.63) is 77.9 Å². The van der Waals surface area contributed by atoms with E-state index in [0.29, 0.717) is 6.61 Å². The van der Waals surface area contributed by atoms with Gasteiger partial charge in [0.1, 0.15) is 12.4 Å². The lowest BCUT2D eigenvalue weighted by molar-refractivity contribution is -0.145. The predicted octanol–water partition coefficient (Wildman–Crippen LogP) is 4.73. The van der Waals surface area contributed by atoms with E-state index in [2.05, 4.69) is 0 Å². The van der Waals surface area contributed by atoms with Gasteiger partial charge in [-0.3, -0.25) is 4.79 Å². The molecule has 0 heterocycles. The van der Waals surface area contributed by atoms with Crippen molar-refractivity contribution in [2.75, 3.05) is 7.11 Å². The third-order valence-electron chi connectivity index (χ3n) is 4.02. The van der Waals surface area contributed by atoms with Gasteiger partial charge in [0.15, 0.2) is 0 Å². The second-order valence-corrected chi connectivity index (χ2v) is 5.71. The van der Waals surface area contributed by atoms with Crippen LogP contribution in [0.2, 0.25) is 0 Å². The third kappa shape index (κ3) is 4.72. The van der Waals surface area contributed by atoms with Gasteiger partial charge in [0.25, 0.3) is 0 Å². The Morgan fingerprint density at radius 3 is 2.33 bits per heavy atom. The molecule has 0 amide bonds. The van der Waals surface area contributed by atoms with Gasteiger partial charge in [0.2, 0.25) is 0 Å². The number of benzene rings is 2. The van der Waals surface area contributed by atoms with E-state index >= 15 is 0 Å². The fourth-order valence-electron chi connectivity index (χ4n) is 2.63. The SMILES string of the molecule is CC=CC(c1ccc(OCc2ccccc2)cc1)C(C)C(=O)OC. The van der Waals surface area contributed by atoms with Gasteiger partial charge in [-0.25, -0.2) is 0 Å². The maximum absolute atomic E-state index is 11.8. The summed E-state index contributed by atoms with van der Waals surface area (Å²) < 4.78 is 10.7. The average molecular weight is 324 g/mol. The molecule has 0 bridgehead atoms. The third-order valence-corrected chi connectivity index (χ3v) is 4.02. The van der Waals surface area contributed by atoms with E-state index in [-0.39, 0.29) is 17.8 Å². The monoisotopic (exact) mass is 324 g/mol. The maximum atomic E-state index is 11.8. The number of carbonyl (C=O) groups excluding carboxylic acids is 1. The smallest absolute Gasteiger partial charge is 0.309 e. The highest BCUT2D eigenvalue weighted by Crippen LogP contribution is 2.28. The number of carbonyl (C=O) groups is 1. The summed E-state index contributed by atoms with van der Waals surface area (Å²) in [6.07, 6.45) is 3.99. The van der Waals surface area contributed by atoms with Gasteiger partial charge in [-0.2, -0.15) is 0 Å². The first-order valence-electron chi connectivity index (χ1n) is 8.13. The minimum atomic E-state index is -0.234. The molecular formula is C21H24O3. The molecule has 126 valence electrons. The molecule has 2 aromatic carbocycles. The topological polar surface area (TPSA) is 35.5 Å². The zero-order valence-electron chi connectivity index (χ0n) is 14.4. The second-order valence-electron chi connectivity index (χ2n) is 5.71. The summed E-state index contributed by atoms with van der Waals surface area (Å²) in [5.74, 6) is 0.364. The molecule has 0 radical (unpaired) electrons. The van der Waals surface area contributed by atoms with Crippen molar-refractivity contribution < 1.29 is 14.3 Å². The molecule has 0 aliphatic heterocycles. The number of hydrogen-bond acceptors (Lipinski definition) is 3. The van der Waals surface area contributed by atoms with Gasteiger partial charge < -0.3 is 9.47 Å². The lowest BCUT2D eigenvalue weighted by Crippen LogP contribution is -2.19. The Morgan fingerprint density at radius 2 is 1.75 bits per heavy atom. The predicted molar refractivity (Wildman–Crippen MR) is 96.0 cm³/mol. The summed E-state index contributed by atoms with van der Waals surface area (Å²) in [6, 6.07) is 18.0. The van der Waals surface area contributed by atoms with Crippen LogP contribution in [0.1, 0.15) is 30.9 Å². The molecule has 0 fully saturated rings. The lowest BCUT2D eigenvalue weighted by Gasteiger charge is -2.19. The van der Waals surface area contributed by atoms with E-state index < -0.39 is 0 Å². The van der Waals surface area contributed by atoms with Gasteiger partial charge in [-0.05, 0) is 30.2 Å². The minimum Gasteiger partial charge on any atom is -0.489 e. The molecule has 2 atom stereocenters. The number of allylic oxidation sites excluding steroid dienone is 2. The van der Waals surface area contributed by atoms with Crippen LogP contribution in [0.5, 0.6) is 5.75 Å². The van der Waals surface area contributed by atoms with Gasteiger partial charge in [0, 0.05) is 5.92 Å². The number of esters is 1. The first kappa shape index (κ1) is 17.8. The van der Waals surface area contributed by atoms with Crippen molar-refractivity contribution in [3.8, 4) is 5.75 Å². The van der Waals surface area contributed by atoms with Crippen molar-refractivity contribution in [1.82, 2.24) is 0 Å². The zero-order chi connectivity index (χ0) is 17.4. The molecule has 2 unspecified atom stereocenters. The Hall–Kier alpha value is -2.55. The molecule has 0 aliphatic rings. The van der Waals surface area contributed by atoms with E-state index in [4.69, 9.17) is 9.47 Å². The average Bonchev–Trinajstić information content (AvgIpc) is 2.64. The van der Waals surface area contributed by atoms with Crippen LogP contribution >= 0.6 is 0 Å². The standard InChI is InChI=1S/C21H24O3/c1-4-8-20(16(2)21(22)23-3)18-11-13-19(14-12-18)24-15-17-9-6-5-7-10-17/h4-14,16,20H,15H2,1-3H3. The fourth-order valence-corrected chi connectivity index (χ4v) is 2.63. The summed E-state index contributed by atoms with van der Waals surface area (Å²) >= 11 is 0. The van der Waals surface area contributed by atoms with Crippen LogP contribution in [0.4, 0.5) is 0 Å². The normalized spacial score (nSPS) is 13.5. The zero-order valence-corrected chi connectivity index (χ0v) is 14.4. The van der Waals surface area contributed by atoms with Crippen LogP contribution < -0.4 is 4.74 Å². The first-order chi connectivity index (χ1) is 11.7. The van der Waals surface area contributed by atoms with E-state index in [1.54, 1.807) is 0 Å². The van der Waals surface area contributed by atoms with Crippen LogP contribution in [0, 0.1) is 5.92 Å². The molecule has 2 aromatic rings. The maximum Gasteiger partial charge on any atom is 0.309 e. The summed E-state index contributed by atoms with van der Waals surface area (Å²) in [4.78, 5) is 11.8. The summed E-state index contributed by atoms with van der Waals surface area (Å²) in [5.41, 5.74) is 2.20. The molecular weight excluding hydrogens is 300 g/mol. The highest BCUT2D eigenvalue weighted by molar-refractivity contribution is 5.73. The van der Waals surface area contributed by atoms with E-state index in [9.17, 15) is 4.79 Å². The van der Waals surface area contributed by atoms with Crippen molar-refractivity contribution in [2.24, 2.45) is 5.92 Å². The highest BCUT2D eigenvalue weighted by Gasteiger charge is 2.24. The molecule has 24 heavy (non-hydrogen) atoms. The number of rotatable bonds is 7. The minimum absolute atomic E-state index is 0.00868. The van der Waals surface area contributed by atoms with Gasteiger partial charge in [-0.1, -0.05) is 61.5 Å². The van der Waals surface area contributed by atoms with Crippen molar-refractivity contribution in [3.63, 3.8) is 0 Å². The second kappa shape index (κ2) is 8.92. The molecule has 0 saturated heterocycles. The van der Waals surface area contributed by atoms with Crippen molar-refractivity contribution in [1.29, 1.82) is 0 Å². The molecule has 3 heteroatoms. The quantitative estimate of drug-likeness (QED) is 0.545. The van der Waals surface area contributed by atoms with E-state index in [1.165, 1.54) is 7.11 Å². The van der Waals surface area contributed by atoms with Crippen LogP contribution in [0.3, 0.4) is 0 Å². The molecule has 0 spiro atoms. The molecule has 3 nitrogen and oxygen atoms in total. The van der Waals surface area contributed by atoms with Crippen LogP contribution in [-0.4, -0.2) is 13.1 Å². The Labute approximate surface area is 143 Å². The Balaban J connectivity index is 2.07. The Morgan fingerprint density at radius 1 is 1.08 bits per heavy atom. The van der Waals surface area contributed by atoms with Crippen LogP contribution in [0.15, 0.2) is 66.7 Å². The summed E-state index contributed by atoms with van der Waals surface area (Å²) in [5, 5.41) is 0. The number of methoxy groups -OCH3 is 1. The van der Waals surface area contributed by atoms with Crippen molar-refractivity contribution in [2.45, 2.75) is 26.4 Å². The Bertz CT molecular complexity index is 659. The molecule has 0 aromatic heterocycles. The van der Waals surface area contributed by atoms with Gasteiger partial charge in [0.05, 0.1) is 13.0 Å². The number of hydrogen-bond donors (Lipinski definition) is 0. The number of ether oxygens (including phenoxy) is 2. The van der Waals surface area contributed by atoms with Crippen LogP contribution in [0.25, 0.3) is 0 Å². The van der Waals surface area contributed by atoms with Crippen LogP contribution in [-0.2, 0) is 16.1 Å². The van der Waals surface area contributed by atoms with Gasteiger partial charge in [-0.15, -0.1) is 0 Å². The lowest BCUT2D eigenvalue weighted by atomic mass is 9.87. The summed E-state index contributed by atoms with van der Waals surface area (Å²) in [7, 11) is 1.42. The Kier molecular flexibility index (Phi) is 6.62. The largest absolute Gasteiger partial charge is 0.489 e. The molecule has 0 saturated carbocycles. The van der Waals surface area contributed by atoms with E-state index in [1.807, 2.05) is 80.6 Å². The first-order valence-corrected chi connectivity index (χ1v) is 8.13. The fraction of sp³-hybridized carbons (Fsp3) is 0.286. The molecule has 0 N–H and O–H groups in total. The van der Waals surface area contributed by atoms with E-state index in [0.717, 1.165) is 16.9 Å².